The number of benzene rings is 2. The normalized spacial score (nSPS) is 10.7. The van der Waals surface area contributed by atoms with Crippen LogP contribution in [-0.2, 0) is 0 Å². The van der Waals surface area contributed by atoms with Gasteiger partial charge in [0, 0.05) is 0 Å². The molecule has 0 aliphatic carbocycles. The van der Waals surface area contributed by atoms with Crippen molar-refractivity contribution < 1.29 is 14.6 Å². The summed E-state index contributed by atoms with van der Waals surface area (Å²) >= 11 is 1.46. The highest BCUT2D eigenvalue weighted by Gasteiger charge is 2.10. The summed E-state index contributed by atoms with van der Waals surface area (Å²) in [5.74, 6) is -0.347. The van der Waals surface area contributed by atoms with E-state index >= 15 is 0 Å². The second-order valence-electron chi connectivity index (χ2n) is 4.33. The summed E-state index contributed by atoms with van der Waals surface area (Å²) in [6.45, 7) is 1.74. The molecule has 4 nitrogen and oxygen atoms in total. The highest BCUT2D eigenvalue weighted by molar-refractivity contribution is 7.20. The van der Waals surface area contributed by atoms with Gasteiger partial charge in [0.2, 0.25) is 0 Å². The van der Waals surface area contributed by atoms with Crippen LogP contribution in [0.1, 0.15) is 15.9 Å². The zero-order valence-corrected chi connectivity index (χ0v) is 11.5. The molecule has 0 bridgehead atoms. The Balaban J connectivity index is 1.90. The van der Waals surface area contributed by atoms with E-state index in [0.717, 1.165) is 10.2 Å². The van der Waals surface area contributed by atoms with Gasteiger partial charge in [0.15, 0.2) is 0 Å². The molecule has 0 atom stereocenters. The number of rotatable bonds is 3. The minimum atomic E-state index is -0.936. The van der Waals surface area contributed by atoms with E-state index in [1.54, 1.807) is 25.1 Å². The summed E-state index contributed by atoms with van der Waals surface area (Å²) in [5.41, 5.74) is 1.84. The van der Waals surface area contributed by atoms with E-state index in [1.807, 2.05) is 24.3 Å². The molecule has 0 radical (unpaired) electrons. The van der Waals surface area contributed by atoms with Crippen molar-refractivity contribution in [3.63, 3.8) is 0 Å². The first-order valence-corrected chi connectivity index (χ1v) is 6.82. The number of para-hydroxylation sites is 1. The summed E-state index contributed by atoms with van der Waals surface area (Å²) in [6.07, 6.45) is 0. The van der Waals surface area contributed by atoms with Crippen LogP contribution in [0.5, 0.6) is 10.9 Å². The number of aromatic carboxylic acids is 1. The third-order valence-corrected chi connectivity index (χ3v) is 3.82. The molecule has 0 unspecified atom stereocenters. The Bertz CT molecular complexity index is 762. The van der Waals surface area contributed by atoms with Crippen LogP contribution in [0.4, 0.5) is 0 Å². The van der Waals surface area contributed by atoms with Crippen molar-refractivity contribution in [2.24, 2.45) is 0 Å². The van der Waals surface area contributed by atoms with E-state index in [4.69, 9.17) is 9.84 Å². The minimum Gasteiger partial charge on any atom is -0.478 e. The Morgan fingerprint density at radius 3 is 2.75 bits per heavy atom. The number of ether oxygens (including phenoxy) is 1. The molecule has 0 fully saturated rings. The number of carboxylic acids is 1. The van der Waals surface area contributed by atoms with E-state index in [0.29, 0.717) is 16.5 Å². The number of nitrogens with zero attached hydrogens (tertiary/aromatic N) is 1. The van der Waals surface area contributed by atoms with E-state index < -0.39 is 5.97 Å². The Labute approximate surface area is 119 Å². The molecule has 0 aliphatic heterocycles. The molecule has 0 spiro atoms. The number of aryl methyl sites for hydroxylation is 1. The summed E-state index contributed by atoms with van der Waals surface area (Å²) < 4.78 is 6.75. The third-order valence-electron chi connectivity index (χ3n) is 2.91. The quantitative estimate of drug-likeness (QED) is 0.787. The smallest absolute Gasteiger partial charge is 0.335 e. The monoisotopic (exact) mass is 285 g/mol. The number of aromatic nitrogens is 1. The number of carboxylic acid groups (broad SMARTS) is 1. The SMILES string of the molecule is Cc1cc(Oc2nc3ccccc3s2)ccc1C(=O)O. The number of fused-ring (bicyclic) bond motifs is 1. The second kappa shape index (κ2) is 4.94. The lowest BCUT2D eigenvalue weighted by molar-refractivity contribution is 0.0696. The van der Waals surface area contributed by atoms with Gasteiger partial charge in [-0.3, -0.25) is 0 Å². The molecule has 1 aromatic heterocycles. The van der Waals surface area contributed by atoms with E-state index in [2.05, 4.69) is 4.98 Å². The first-order valence-electron chi connectivity index (χ1n) is 6.01. The van der Waals surface area contributed by atoms with Crippen LogP contribution in [0.2, 0.25) is 0 Å². The van der Waals surface area contributed by atoms with Crippen molar-refractivity contribution in [1.82, 2.24) is 4.98 Å². The van der Waals surface area contributed by atoms with E-state index in [9.17, 15) is 4.79 Å². The van der Waals surface area contributed by atoms with Gasteiger partial charge in [0.05, 0.1) is 15.8 Å². The molecule has 1 N–H and O–H groups in total. The fraction of sp³-hybridized carbons (Fsp3) is 0.0667. The predicted octanol–water partition coefficient (Wildman–Crippen LogP) is 4.10. The maximum Gasteiger partial charge on any atom is 0.335 e. The van der Waals surface area contributed by atoms with Crippen molar-refractivity contribution in [1.29, 1.82) is 0 Å². The van der Waals surface area contributed by atoms with Crippen molar-refractivity contribution in [3.8, 4) is 10.9 Å². The zero-order chi connectivity index (χ0) is 14.1. The number of hydrogen-bond donors (Lipinski definition) is 1. The van der Waals surface area contributed by atoms with Crippen LogP contribution in [0.15, 0.2) is 42.5 Å². The molecule has 5 heteroatoms. The standard InChI is InChI=1S/C15H11NO3S/c1-9-8-10(6-7-11(9)14(17)18)19-15-16-12-4-2-3-5-13(12)20-15/h2-8H,1H3,(H,17,18). The van der Waals surface area contributed by atoms with Gasteiger partial charge in [-0.15, -0.1) is 0 Å². The first-order chi connectivity index (χ1) is 9.63. The predicted molar refractivity (Wildman–Crippen MR) is 77.8 cm³/mol. The topological polar surface area (TPSA) is 59.4 Å². The van der Waals surface area contributed by atoms with Gasteiger partial charge in [0.1, 0.15) is 5.75 Å². The van der Waals surface area contributed by atoms with Crippen LogP contribution < -0.4 is 4.74 Å². The fourth-order valence-electron chi connectivity index (χ4n) is 1.94. The zero-order valence-electron chi connectivity index (χ0n) is 10.7. The third kappa shape index (κ3) is 2.35. The van der Waals surface area contributed by atoms with Gasteiger partial charge >= 0.3 is 5.97 Å². The Morgan fingerprint density at radius 1 is 1.25 bits per heavy atom. The fourth-order valence-corrected chi connectivity index (χ4v) is 2.77. The average Bonchev–Trinajstić information content (AvgIpc) is 2.80. The highest BCUT2D eigenvalue weighted by Crippen LogP contribution is 2.31. The van der Waals surface area contributed by atoms with Crippen molar-refractivity contribution >= 4 is 27.5 Å². The van der Waals surface area contributed by atoms with Crippen LogP contribution in [0.25, 0.3) is 10.2 Å². The minimum absolute atomic E-state index is 0.279. The van der Waals surface area contributed by atoms with Gasteiger partial charge in [0.25, 0.3) is 5.19 Å². The lowest BCUT2D eigenvalue weighted by atomic mass is 10.1. The summed E-state index contributed by atoms with van der Waals surface area (Å²) in [6, 6.07) is 12.7. The molecule has 20 heavy (non-hydrogen) atoms. The molecule has 2 aromatic carbocycles. The van der Waals surface area contributed by atoms with Gasteiger partial charge in [-0.05, 0) is 42.8 Å². The Morgan fingerprint density at radius 2 is 2.05 bits per heavy atom. The molecule has 0 amide bonds. The molecule has 0 saturated heterocycles. The largest absolute Gasteiger partial charge is 0.478 e. The Kier molecular flexibility index (Phi) is 3.12. The van der Waals surface area contributed by atoms with Gasteiger partial charge in [-0.1, -0.05) is 23.5 Å². The summed E-state index contributed by atoms with van der Waals surface area (Å²) in [7, 11) is 0. The van der Waals surface area contributed by atoms with Gasteiger partial charge in [-0.25, -0.2) is 9.78 Å². The molecular weight excluding hydrogens is 274 g/mol. The maximum atomic E-state index is 11.0. The van der Waals surface area contributed by atoms with Crippen molar-refractivity contribution in [3.05, 3.63) is 53.6 Å². The molecule has 100 valence electrons. The lowest BCUT2D eigenvalue weighted by Crippen LogP contribution is -1.99. The molecule has 0 aliphatic rings. The summed E-state index contributed by atoms with van der Waals surface area (Å²) in [4.78, 5) is 15.3. The van der Waals surface area contributed by atoms with E-state index in [-0.39, 0.29) is 5.56 Å². The van der Waals surface area contributed by atoms with Crippen molar-refractivity contribution in [2.75, 3.05) is 0 Å². The molecule has 1 heterocycles. The van der Waals surface area contributed by atoms with Gasteiger partial charge in [-0.2, -0.15) is 0 Å². The molecule has 3 rings (SSSR count). The van der Waals surface area contributed by atoms with Crippen molar-refractivity contribution in [2.45, 2.75) is 6.92 Å². The number of hydrogen-bond acceptors (Lipinski definition) is 4. The van der Waals surface area contributed by atoms with Crippen LogP contribution in [-0.4, -0.2) is 16.1 Å². The lowest BCUT2D eigenvalue weighted by Gasteiger charge is -2.05. The number of carbonyl (C=O) groups is 1. The van der Waals surface area contributed by atoms with Crippen LogP contribution in [0, 0.1) is 6.92 Å². The molecule has 3 aromatic rings. The van der Waals surface area contributed by atoms with Crippen LogP contribution in [0.3, 0.4) is 0 Å². The highest BCUT2D eigenvalue weighted by atomic mass is 32.1. The second-order valence-corrected chi connectivity index (χ2v) is 5.32. The van der Waals surface area contributed by atoms with Gasteiger partial charge < -0.3 is 9.84 Å². The Hall–Kier alpha value is -2.40. The van der Waals surface area contributed by atoms with E-state index in [1.165, 1.54) is 11.3 Å². The number of thiazole rings is 1. The maximum absolute atomic E-state index is 11.0. The first kappa shape index (κ1) is 12.6. The molecular formula is C15H11NO3S. The van der Waals surface area contributed by atoms with Crippen LogP contribution >= 0.6 is 11.3 Å². The average molecular weight is 285 g/mol. The molecule has 0 saturated carbocycles. The summed E-state index contributed by atoms with van der Waals surface area (Å²) in [5, 5.41) is 9.54.